The fourth-order valence-corrected chi connectivity index (χ4v) is 5.63. The second-order valence-corrected chi connectivity index (χ2v) is 10.6. The molecule has 1 amide bonds. The number of aliphatic carboxylic acids is 1. The van der Waals surface area contributed by atoms with Crippen LogP contribution in [0.15, 0.2) is 75.7 Å². The molecule has 0 aromatic heterocycles. The van der Waals surface area contributed by atoms with Gasteiger partial charge < -0.3 is 15.2 Å². The summed E-state index contributed by atoms with van der Waals surface area (Å²) >= 11 is 6.82. The number of aryl methyl sites for hydroxylation is 1. The first kappa shape index (κ1) is 24.5. The smallest absolute Gasteiger partial charge is 0.311 e. The summed E-state index contributed by atoms with van der Waals surface area (Å²) in [7, 11) is 0. The molecule has 2 aliphatic rings. The first-order valence-electron chi connectivity index (χ1n) is 11.1. The summed E-state index contributed by atoms with van der Waals surface area (Å²) < 4.78 is 7.56. The molecule has 2 N–H and O–H groups in total. The Balaban J connectivity index is 1.66. The van der Waals surface area contributed by atoms with Crippen molar-refractivity contribution in [2.45, 2.75) is 18.6 Å². The van der Waals surface area contributed by atoms with Gasteiger partial charge in [0, 0.05) is 25.8 Å². The maximum absolute atomic E-state index is 13.7. The Kier molecular flexibility index (Phi) is 6.18. The number of carboxylic acid groups (broad SMARTS) is 1. The van der Waals surface area contributed by atoms with E-state index in [4.69, 9.17) is 4.74 Å². The zero-order valence-corrected chi connectivity index (χ0v) is 22.0. The second kappa shape index (κ2) is 9.06. The van der Waals surface area contributed by atoms with Crippen molar-refractivity contribution >= 4 is 61.0 Å². The number of carbonyl (C=O) groups is 4. The predicted octanol–water partition coefficient (Wildman–Crippen LogP) is 5.37. The minimum Gasteiger partial charge on any atom is -0.481 e. The van der Waals surface area contributed by atoms with Gasteiger partial charge in [-0.3, -0.25) is 19.2 Å². The molecule has 1 saturated heterocycles. The quantitative estimate of drug-likeness (QED) is 0.384. The van der Waals surface area contributed by atoms with Gasteiger partial charge in [0.05, 0.1) is 12.0 Å². The van der Waals surface area contributed by atoms with Gasteiger partial charge in [-0.05, 0) is 68.6 Å². The molecular weight excluding hydrogens is 594 g/mol. The maximum Gasteiger partial charge on any atom is 0.311 e. The van der Waals surface area contributed by atoms with Crippen LogP contribution in [0.1, 0.15) is 37.9 Å². The lowest BCUT2D eigenvalue weighted by Gasteiger charge is -2.25. The van der Waals surface area contributed by atoms with Gasteiger partial charge in [0.15, 0.2) is 0 Å². The first-order valence-corrected chi connectivity index (χ1v) is 12.7. The summed E-state index contributed by atoms with van der Waals surface area (Å²) in [4.78, 5) is 53.7. The Bertz CT molecular complexity index is 1400. The number of rotatable bonds is 4. The van der Waals surface area contributed by atoms with Crippen molar-refractivity contribution in [2.75, 3.05) is 5.32 Å². The number of nitrogens with one attached hydrogen (secondary N) is 1. The van der Waals surface area contributed by atoms with E-state index in [2.05, 4.69) is 37.2 Å². The van der Waals surface area contributed by atoms with Crippen molar-refractivity contribution in [2.24, 2.45) is 11.8 Å². The van der Waals surface area contributed by atoms with E-state index in [-0.39, 0.29) is 11.1 Å². The van der Waals surface area contributed by atoms with Gasteiger partial charge in [0.2, 0.25) is 23.1 Å². The normalized spacial score (nSPS) is 22.0. The van der Waals surface area contributed by atoms with Gasteiger partial charge in [-0.2, -0.15) is 0 Å². The summed E-state index contributed by atoms with van der Waals surface area (Å²) in [5.41, 5.74) is -0.285. The molecule has 3 unspecified atom stereocenters. The van der Waals surface area contributed by atoms with Crippen LogP contribution in [0.4, 0.5) is 5.69 Å². The van der Waals surface area contributed by atoms with Crippen molar-refractivity contribution in [3.05, 3.63) is 97.9 Å². The molecule has 1 heterocycles. The van der Waals surface area contributed by atoms with Crippen LogP contribution in [-0.4, -0.2) is 34.2 Å². The van der Waals surface area contributed by atoms with Crippen molar-refractivity contribution in [1.29, 1.82) is 0 Å². The number of Topliss-reactive ketones (excluding diaryl/α,β-unsaturated/α-hetero) is 2. The number of fused-ring (bicyclic) bond motifs is 1. The van der Waals surface area contributed by atoms with E-state index in [0.717, 1.165) is 10.0 Å². The Morgan fingerprint density at radius 2 is 1.53 bits per heavy atom. The summed E-state index contributed by atoms with van der Waals surface area (Å²) in [6, 6.07) is 18.2. The molecule has 9 heteroatoms. The van der Waals surface area contributed by atoms with Crippen LogP contribution in [-0.2, 0) is 14.3 Å². The average molecular weight is 613 g/mol. The minimum atomic E-state index is -2.35. The number of benzene rings is 3. The molecule has 1 fully saturated rings. The summed E-state index contributed by atoms with van der Waals surface area (Å²) in [5, 5.41) is 13.1. The van der Waals surface area contributed by atoms with E-state index < -0.39 is 47.0 Å². The van der Waals surface area contributed by atoms with Crippen LogP contribution in [0, 0.1) is 18.8 Å². The molecule has 3 aromatic rings. The third-order valence-corrected chi connectivity index (χ3v) is 8.57. The monoisotopic (exact) mass is 611 g/mol. The highest BCUT2D eigenvalue weighted by Gasteiger charge is 2.71. The lowest BCUT2D eigenvalue weighted by molar-refractivity contribution is -0.147. The molecule has 7 nitrogen and oxygen atoms in total. The molecule has 182 valence electrons. The van der Waals surface area contributed by atoms with Crippen LogP contribution in [0.5, 0.6) is 0 Å². The molecule has 1 spiro atoms. The molecule has 1 aliphatic carbocycles. The predicted molar refractivity (Wildman–Crippen MR) is 138 cm³/mol. The molecule has 3 atom stereocenters. The highest BCUT2D eigenvalue weighted by atomic mass is 79.9. The number of carboxylic acids is 1. The molecule has 3 aromatic carbocycles. The Morgan fingerprint density at radius 3 is 2.08 bits per heavy atom. The van der Waals surface area contributed by atoms with Crippen LogP contribution in [0.3, 0.4) is 0 Å². The summed E-state index contributed by atoms with van der Waals surface area (Å²) in [6.45, 7) is 1.90. The van der Waals surface area contributed by atoms with Crippen molar-refractivity contribution in [1.82, 2.24) is 0 Å². The zero-order valence-electron chi connectivity index (χ0n) is 18.8. The van der Waals surface area contributed by atoms with E-state index in [0.29, 0.717) is 15.7 Å². The molecule has 1 aliphatic heterocycles. The number of carbonyl (C=O) groups excluding carboxylic acids is 3. The highest BCUT2D eigenvalue weighted by Crippen LogP contribution is 2.54. The van der Waals surface area contributed by atoms with Crippen LogP contribution in [0.2, 0.25) is 0 Å². The first-order chi connectivity index (χ1) is 17.1. The minimum absolute atomic E-state index is 0.0871. The fraction of sp³-hybridized carbons (Fsp3) is 0.185. The number of amides is 1. The van der Waals surface area contributed by atoms with Gasteiger partial charge >= 0.3 is 5.97 Å². The number of hydrogen-bond donors (Lipinski definition) is 2. The number of anilines is 1. The number of ether oxygens (including phenoxy) is 1. The largest absolute Gasteiger partial charge is 0.481 e. The van der Waals surface area contributed by atoms with Gasteiger partial charge in [-0.1, -0.05) is 48.0 Å². The topological polar surface area (TPSA) is 110 Å². The van der Waals surface area contributed by atoms with Gasteiger partial charge in [0.25, 0.3) is 0 Å². The molecule has 0 bridgehead atoms. The SMILES string of the molecule is Cc1ccc(NC(=O)C2C(c3ccc(Br)c(Br)c3)OC3(C(=O)c4ccccc4C3=O)C2C(=O)O)cc1. The Hall–Kier alpha value is -3.14. The average Bonchev–Trinajstić information content (AvgIpc) is 3.33. The number of ketones is 2. The van der Waals surface area contributed by atoms with E-state index in [1.54, 1.807) is 54.6 Å². The Morgan fingerprint density at radius 1 is 0.917 bits per heavy atom. The van der Waals surface area contributed by atoms with Crippen molar-refractivity contribution < 1.29 is 29.0 Å². The molecular formula is C27H19Br2NO6. The van der Waals surface area contributed by atoms with Crippen LogP contribution >= 0.6 is 31.9 Å². The van der Waals surface area contributed by atoms with E-state index >= 15 is 0 Å². The van der Waals surface area contributed by atoms with Crippen LogP contribution in [0.25, 0.3) is 0 Å². The second-order valence-electron chi connectivity index (χ2n) is 8.85. The number of halogens is 2. The number of hydrogen-bond acceptors (Lipinski definition) is 5. The maximum atomic E-state index is 13.7. The highest BCUT2D eigenvalue weighted by molar-refractivity contribution is 9.13. The lowest BCUT2D eigenvalue weighted by atomic mass is 9.75. The van der Waals surface area contributed by atoms with Crippen molar-refractivity contribution in [3.63, 3.8) is 0 Å². The standard InChI is InChI=1S/C27H19Br2NO6/c1-13-6-9-15(10-7-13)30-25(33)20-21(26(34)35)27(23(31)16-4-2-3-5-17(16)24(27)32)36-22(20)14-8-11-18(28)19(29)12-14/h2-12,20-22H,1H3,(H,30,33)(H,34,35). The van der Waals surface area contributed by atoms with E-state index in [1.165, 1.54) is 12.1 Å². The van der Waals surface area contributed by atoms with Gasteiger partial charge in [0.1, 0.15) is 5.92 Å². The summed E-state index contributed by atoms with van der Waals surface area (Å²) in [5.74, 6) is -6.75. The van der Waals surface area contributed by atoms with Gasteiger partial charge in [-0.25, -0.2) is 0 Å². The fourth-order valence-electron chi connectivity index (χ4n) is 4.99. The molecule has 5 rings (SSSR count). The molecule has 0 saturated carbocycles. The molecule has 36 heavy (non-hydrogen) atoms. The molecule has 0 radical (unpaired) electrons. The third kappa shape index (κ3) is 3.73. The van der Waals surface area contributed by atoms with E-state index in [1.807, 2.05) is 6.92 Å². The van der Waals surface area contributed by atoms with E-state index in [9.17, 15) is 24.3 Å². The third-order valence-electron chi connectivity index (χ3n) is 6.69. The Labute approximate surface area is 223 Å². The lowest BCUT2D eigenvalue weighted by Crippen LogP contribution is -2.52. The van der Waals surface area contributed by atoms with Gasteiger partial charge in [-0.15, -0.1) is 0 Å². The zero-order chi connectivity index (χ0) is 25.8. The van der Waals surface area contributed by atoms with Crippen molar-refractivity contribution in [3.8, 4) is 0 Å². The van der Waals surface area contributed by atoms with Crippen LogP contribution < -0.4 is 5.32 Å². The summed E-state index contributed by atoms with van der Waals surface area (Å²) in [6.07, 6.45) is -1.18.